The molecule has 130 valence electrons. The van der Waals surface area contributed by atoms with Crippen LogP contribution in [-0.2, 0) is 13.2 Å². The summed E-state index contributed by atoms with van der Waals surface area (Å²) in [5, 5.41) is 28.9. The van der Waals surface area contributed by atoms with Crippen molar-refractivity contribution in [1.82, 2.24) is 9.97 Å². The zero-order valence-electron chi connectivity index (χ0n) is 14.0. The first-order chi connectivity index (χ1) is 11.2. The van der Waals surface area contributed by atoms with Crippen molar-refractivity contribution in [1.29, 1.82) is 0 Å². The second kappa shape index (κ2) is 8.68. The van der Waals surface area contributed by atoms with Gasteiger partial charge in [-0.2, -0.15) is 0 Å². The zero-order chi connectivity index (χ0) is 18.4. The number of aryl methyl sites for hydroxylation is 2. The molecule has 0 fully saturated rings. The van der Waals surface area contributed by atoms with Gasteiger partial charge in [0.05, 0.1) is 35.1 Å². The maximum atomic E-state index is 10.6. The van der Waals surface area contributed by atoms with E-state index < -0.39 is 4.92 Å². The molecule has 0 saturated heterocycles. The standard InChI is InChI=1S/C8H10ClNO.C8H10N2O3/c1-5-3-10-7(4-11)6(2)8(5)9;1-5-3-9-7(4-11)6(2)8(5)10(12)13/h3,11H,4H2,1-2H3;3,11H,4H2,1-2H3. The number of rotatable bonds is 3. The van der Waals surface area contributed by atoms with Gasteiger partial charge in [0.2, 0.25) is 0 Å². The van der Waals surface area contributed by atoms with Crippen LogP contribution in [0.5, 0.6) is 0 Å². The number of aliphatic hydroxyl groups excluding tert-OH is 2. The molecule has 0 aliphatic heterocycles. The lowest BCUT2D eigenvalue weighted by atomic mass is 10.1. The minimum Gasteiger partial charge on any atom is -0.390 e. The van der Waals surface area contributed by atoms with Crippen LogP contribution in [0.3, 0.4) is 0 Å². The Bertz CT molecular complexity index is 751. The van der Waals surface area contributed by atoms with Gasteiger partial charge in [-0.1, -0.05) is 11.6 Å². The molecular weight excluding hydrogens is 334 g/mol. The fraction of sp³-hybridized carbons (Fsp3) is 0.375. The van der Waals surface area contributed by atoms with Crippen LogP contribution in [0.15, 0.2) is 12.4 Å². The second-order valence-corrected chi connectivity index (χ2v) is 5.64. The van der Waals surface area contributed by atoms with Gasteiger partial charge in [0.1, 0.15) is 0 Å². The fourth-order valence-corrected chi connectivity index (χ4v) is 2.27. The van der Waals surface area contributed by atoms with Crippen LogP contribution < -0.4 is 0 Å². The SMILES string of the molecule is Cc1cnc(CO)c(C)c1Cl.Cc1cnc(CO)c(C)c1[N+](=O)[O-]. The molecule has 24 heavy (non-hydrogen) atoms. The molecule has 0 bridgehead atoms. The Morgan fingerprint density at radius 1 is 1.00 bits per heavy atom. The molecule has 2 aromatic rings. The van der Waals surface area contributed by atoms with E-state index in [2.05, 4.69) is 9.97 Å². The summed E-state index contributed by atoms with van der Waals surface area (Å²) in [5.74, 6) is 0. The topological polar surface area (TPSA) is 109 Å². The average Bonchev–Trinajstić information content (AvgIpc) is 2.53. The quantitative estimate of drug-likeness (QED) is 0.648. The number of halogens is 1. The third-order valence-electron chi connectivity index (χ3n) is 3.58. The Kier molecular flexibility index (Phi) is 7.21. The summed E-state index contributed by atoms with van der Waals surface area (Å²) < 4.78 is 0. The summed E-state index contributed by atoms with van der Waals surface area (Å²) in [5.41, 5.74) is 3.82. The van der Waals surface area contributed by atoms with Crippen LogP contribution >= 0.6 is 11.6 Å². The maximum absolute atomic E-state index is 10.6. The van der Waals surface area contributed by atoms with E-state index >= 15 is 0 Å². The van der Waals surface area contributed by atoms with Gasteiger partial charge in [-0.05, 0) is 38.8 Å². The van der Waals surface area contributed by atoms with Crippen molar-refractivity contribution in [3.63, 3.8) is 0 Å². The van der Waals surface area contributed by atoms with Gasteiger partial charge in [0, 0.05) is 23.0 Å². The van der Waals surface area contributed by atoms with Crippen molar-refractivity contribution in [3.05, 3.63) is 61.2 Å². The Balaban J connectivity index is 0.000000243. The van der Waals surface area contributed by atoms with Gasteiger partial charge in [-0.25, -0.2) is 0 Å². The van der Waals surface area contributed by atoms with Crippen LogP contribution in [0.2, 0.25) is 5.02 Å². The van der Waals surface area contributed by atoms with Crippen LogP contribution in [0, 0.1) is 37.8 Å². The molecule has 0 amide bonds. The first-order valence-corrected chi connectivity index (χ1v) is 7.54. The van der Waals surface area contributed by atoms with Crippen molar-refractivity contribution >= 4 is 17.3 Å². The molecule has 0 aliphatic rings. The van der Waals surface area contributed by atoms with Crippen molar-refractivity contribution in [3.8, 4) is 0 Å². The lowest BCUT2D eigenvalue weighted by Crippen LogP contribution is -2.01. The van der Waals surface area contributed by atoms with E-state index in [9.17, 15) is 10.1 Å². The predicted octanol–water partition coefficient (Wildman–Crippen LogP) is 2.94. The van der Waals surface area contributed by atoms with Crippen LogP contribution in [0.4, 0.5) is 5.69 Å². The first-order valence-electron chi connectivity index (χ1n) is 7.16. The van der Waals surface area contributed by atoms with Gasteiger partial charge in [0.25, 0.3) is 5.69 Å². The highest BCUT2D eigenvalue weighted by Gasteiger charge is 2.17. The molecule has 2 N–H and O–H groups in total. The number of pyridine rings is 2. The van der Waals surface area contributed by atoms with E-state index in [0.29, 0.717) is 27.5 Å². The van der Waals surface area contributed by atoms with Gasteiger partial charge in [-0.15, -0.1) is 0 Å². The highest BCUT2D eigenvalue weighted by Crippen LogP contribution is 2.23. The predicted molar refractivity (Wildman–Crippen MR) is 90.9 cm³/mol. The van der Waals surface area contributed by atoms with E-state index in [0.717, 1.165) is 11.1 Å². The van der Waals surface area contributed by atoms with E-state index in [1.807, 2.05) is 13.8 Å². The molecule has 2 aromatic heterocycles. The van der Waals surface area contributed by atoms with Gasteiger partial charge < -0.3 is 10.2 Å². The summed E-state index contributed by atoms with van der Waals surface area (Å²) in [6.45, 7) is 6.64. The lowest BCUT2D eigenvalue weighted by molar-refractivity contribution is -0.386. The molecule has 8 heteroatoms. The maximum Gasteiger partial charge on any atom is 0.278 e. The smallest absolute Gasteiger partial charge is 0.278 e. The van der Waals surface area contributed by atoms with E-state index in [1.54, 1.807) is 20.0 Å². The number of aliphatic hydroxyl groups is 2. The molecular formula is C16H20ClN3O4. The van der Waals surface area contributed by atoms with Gasteiger partial charge >= 0.3 is 0 Å². The van der Waals surface area contributed by atoms with Crippen molar-refractivity contribution < 1.29 is 15.1 Å². The Morgan fingerprint density at radius 3 is 1.92 bits per heavy atom. The lowest BCUT2D eigenvalue weighted by Gasteiger charge is -2.05. The fourth-order valence-electron chi connectivity index (χ4n) is 2.12. The van der Waals surface area contributed by atoms with Gasteiger partial charge in [0.15, 0.2) is 0 Å². The summed E-state index contributed by atoms with van der Waals surface area (Å²) in [4.78, 5) is 18.1. The van der Waals surface area contributed by atoms with Crippen molar-refractivity contribution in [2.75, 3.05) is 0 Å². The summed E-state index contributed by atoms with van der Waals surface area (Å²) in [6.07, 6.45) is 3.07. The molecule has 0 aromatic carbocycles. The molecule has 2 heterocycles. The normalized spacial score (nSPS) is 10.1. The summed E-state index contributed by atoms with van der Waals surface area (Å²) in [7, 11) is 0. The Hall–Kier alpha value is -2.09. The molecule has 0 atom stereocenters. The van der Waals surface area contributed by atoms with E-state index in [1.165, 1.54) is 6.20 Å². The minimum absolute atomic E-state index is 0.0408. The molecule has 7 nitrogen and oxygen atoms in total. The average molecular weight is 354 g/mol. The monoisotopic (exact) mass is 353 g/mol. The van der Waals surface area contributed by atoms with Crippen molar-refractivity contribution in [2.45, 2.75) is 40.9 Å². The largest absolute Gasteiger partial charge is 0.390 e. The highest BCUT2D eigenvalue weighted by molar-refractivity contribution is 6.32. The number of aromatic nitrogens is 2. The number of hydrogen-bond donors (Lipinski definition) is 2. The van der Waals surface area contributed by atoms with Crippen LogP contribution in [-0.4, -0.2) is 25.1 Å². The zero-order valence-corrected chi connectivity index (χ0v) is 14.8. The Labute approximate surface area is 145 Å². The van der Waals surface area contributed by atoms with Crippen molar-refractivity contribution in [2.24, 2.45) is 0 Å². The number of hydrogen-bond acceptors (Lipinski definition) is 6. The number of nitrogens with zero attached hydrogens (tertiary/aromatic N) is 3. The highest BCUT2D eigenvalue weighted by atomic mass is 35.5. The summed E-state index contributed by atoms with van der Waals surface area (Å²) >= 11 is 5.91. The molecule has 0 unspecified atom stereocenters. The van der Waals surface area contributed by atoms with Crippen LogP contribution in [0.1, 0.15) is 33.6 Å². The number of nitro groups is 1. The van der Waals surface area contributed by atoms with Crippen LogP contribution in [0.25, 0.3) is 0 Å². The molecule has 2 rings (SSSR count). The third-order valence-corrected chi connectivity index (χ3v) is 4.16. The molecule has 0 saturated carbocycles. The minimum atomic E-state index is -0.453. The van der Waals surface area contributed by atoms with Gasteiger partial charge in [-0.3, -0.25) is 20.1 Å². The molecule has 0 spiro atoms. The molecule has 0 radical (unpaired) electrons. The van der Waals surface area contributed by atoms with E-state index in [4.69, 9.17) is 21.8 Å². The van der Waals surface area contributed by atoms with E-state index in [-0.39, 0.29) is 18.9 Å². The second-order valence-electron chi connectivity index (χ2n) is 5.26. The first kappa shape index (κ1) is 20.0. The molecule has 0 aliphatic carbocycles. The Morgan fingerprint density at radius 2 is 1.46 bits per heavy atom. The third kappa shape index (κ3) is 4.47. The summed E-state index contributed by atoms with van der Waals surface area (Å²) in [6, 6.07) is 0.